The van der Waals surface area contributed by atoms with Gasteiger partial charge in [-0.15, -0.1) is 0 Å². The lowest BCUT2D eigenvalue weighted by atomic mass is 10.0. The fourth-order valence-corrected chi connectivity index (χ4v) is 3.22. The molecule has 0 fully saturated rings. The van der Waals surface area contributed by atoms with Gasteiger partial charge >= 0.3 is 5.97 Å². The van der Waals surface area contributed by atoms with Crippen LogP contribution in [0.1, 0.15) is 15.9 Å². The van der Waals surface area contributed by atoms with Gasteiger partial charge in [-0.3, -0.25) is 9.78 Å². The smallest absolute Gasteiger partial charge is 0.328 e. The molecule has 3 aromatic rings. The van der Waals surface area contributed by atoms with Gasteiger partial charge in [0, 0.05) is 18.0 Å². The number of nitrogens with one attached hydrogen (secondary N) is 1. The van der Waals surface area contributed by atoms with Crippen molar-refractivity contribution in [2.45, 2.75) is 12.5 Å². The predicted molar refractivity (Wildman–Crippen MR) is 107 cm³/mol. The van der Waals surface area contributed by atoms with Crippen molar-refractivity contribution in [1.29, 1.82) is 0 Å². The summed E-state index contributed by atoms with van der Waals surface area (Å²) in [5.41, 5.74) is 1.90. The number of hydrogen-bond donors (Lipinski definition) is 1. The number of para-hydroxylation sites is 1. The van der Waals surface area contributed by atoms with E-state index in [2.05, 4.69) is 10.3 Å². The van der Waals surface area contributed by atoms with Crippen LogP contribution in [0.3, 0.4) is 0 Å². The first-order chi connectivity index (χ1) is 13.5. The summed E-state index contributed by atoms with van der Waals surface area (Å²) in [4.78, 5) is 29.4. The third kappa shape index (κ3) is 4.23. The Labute approximate surface area is 167 Å². The van der Waals surface area contributed by atoms with E-state index in [0.29, 0.717) is 27.2 Å². The van der Waals surface area contributed by atoms with E-state index in [1.54, 1.807) is 30.5 Å². The topological polar surface area (TPSA) is 77.5 Å². The van der Waals surface area contributed by atoms with Gasteiger partial charge < -0.3 is 14.8 Å². The molecule has 28 heavy (non-hydrogen) atoms. The molecule has 0 saturated heterocycles. The summed E-state index contributed by atoms with van der Waals surface area (Å²) in [6.07, 6.45) is 1.79. The number of fused-ring (bicyclic) bond motifs is 1. The molecule has 144 valence electrons. The average molecular weight is 399 g/mol. The van der Waals surface area contributed by atoms with Crippen molar-refractivity contribution in [3.63, 3.8) is 0 Å². The first-order valence-corrected chi connectivity index (χ1v) is 8.96. The van der Waals surface area contributed by atoms with Crippen molar-refractivity contribution < 1.29 is 19.1 Å². The summed E-state index contributed by atoms with van der Waals surface area (Å²) in [5, 5.41) is 3.89. The molecule has 0 aliphatic heterocycles. The number of pyridine rings is 1. The second-order valence-corrected chi connectivity index (χ2v) is 6.51. The lowest BCUT2D eigenvalue weighted by Gasteiger charge is -2.17. The summed E-state index contributed by atoms with van der Waals surface area (Å²) in [5.74, 6) is -0.389. The number of ether oxygens (including phenoxy) is 2. The number of carbonyl (C=O) groups excluding carboxylic acids is 2. The molecule has 0 aliphatic rings. The van der Waals surface area contributed by atoms with Gasteiger partial charge in [-0.05, 0) is 29.8 Å². The highest BCUT2D eigenvalue weighted by Crippen LogP contribution is 2.25. The number of esters is 1. The Bertz CT molecular complexity index is 1020. The summed E-state index contributed by atoms with van der Waals surface area (Å²) in [6.45, 7) is 0. The number of hydrogen-bond acceptors (Lipinski definition) is 5. The Kier molecular flexibility index (Phi) is 6.11. The minimum atomic E-state index is -0.867. The number of halogens is 1. The van der Waals surface area contributed by atoms with E-state index in [9.17, 15) is 9.59 Å². The summed E-state index contributed by atoms with van der Waals surface area (Å²) in [6, 6.07) is 13.3. The van der Waals surface area contributed by atoms with Gasteiger partial charge in [0.15, 0.2) is 0 Å². The first-order valence-electron chi connectivity index (χ1n) is 8.58. The van der Waals surface area contributed by atoms with E-state index in [0.717, 1.165) is 5.56 Å². The molecule has 6 nitrogen and oxygen atoms in total. The summed E-state index contributed by atoms with van der Waals surface area (Å²) >= 11 is 6.16. The van der Waals surface area contributed by atoms with Crippen LogP contribution in [0.25, 0.3) is 10.9 Å². The van der Waals surface area contributed by atoms with E-state index in [1.807, 2.05) is 24.3 Å². The van der Waals surface area contributed by atoms with Gasteiger partial charge in [-0.2, -0.15) is 0 Å². The third-order valence-electron chi connectivity index (χ3n) is 4.34. The largest absolute Gasteiger partial charge is 0.495 e. The molecule has 0 aliphatic carbocycles. The van der Waals surface area contributed by atoms with Gasteiger partial charge in [0.2, 0.25) is 0 Å². The van der Waals surface area contributed by atoms with Crippen molar-refractivity contribution >= 4 is 34.4 Å². The zero-order valence-corrected chi connectivity index (χ0v) is 16.2. The molecule has 3 rings (SSSR count). The standard InChI is InChI=1S/C21H19ClN2O4/c1-27-19-8-7-13(11-16(19)22)12-18(21(26)28-2)24-20(25)15-9-10-23-17-6-4-3-5-14(15)17/h3-11,18H,12H2,1-2H3,(H,24,25)/t18-/m0/s1. The Morgan fingerprint density at radius 1 is 1.14 bits per heavy atom. The van der Waals surface area contributed by atoms with Crippen LogP contribution < -0.4 is 10.1 Å². The minimum absolute atomic E-state index is 0.227. The van der Waals surface area contributed by atoms with Crippen LogP contribution in [0.15, 0.2) is 54.7 Å². The van der Waals surface area contributed by atoms with Crippen LogP contribution in [-0.2, 0) is 16.0 Å². The highest BCUT2D eigenvalue weighted by Gasteiger charge is 2.24. The second-order valence-electron chi connectivity index (χ2n) is 6.10. The van der Waals surface area contributed by atoms with Crippen LogP contribution in [0.2, 0.25) is 5.02 Å². The Morgan fingerprint density at radius 2 is 1.93 bits per heavy atom. The number of amides is 1. The molecule has 0 bridgehead atoms. The molecule has 1 N–H and O–H groups in total. The van der Waals surface area contributed by atoms with Gasteiger partial charge in [0.25, 0.3) is 5.91 Å². The molecule has 1 amide bonds. The maximum absolute atomic E-state index is 12.9. The van der Waals surface area contributed by atoms with Crippen LogP contribution in [0.5, 0.6) is 5.75 Å². The maximum atomic E-state index is 12.9. The van der Waals surface area contributed by atoms with Crippen LogP contribution >= 0.6 is 11.6 Å². The van der Waals surface area contributed by atoms with E-state index in [1.165, 1.54) is 14.2 Å². The summed E-state index contributed by atoms with van der Waals surface area (Å²) in [7, 11) is 2.81. The van der Waals surface area contributed by atoms with Gasteiger partial charge in [-0.1, -0.05) is 35.9 Å². The highest BCUT2D eigenvalue weighted by atomic mass is 35.5. The fraction of sp³-hybridized carbons (Fsp3) is 0.190. The minimum Gasteiger partial charge on any atom is -0.495 e. The third-order valence-corrected chi connectivity index (χ3v) is 4.64. The van der Waals surface area contributed by atoms with Crippen molar-refractivity contribution in [3.8, 4) is 5.75 Å². The SMILES string of the molecule is COC(=O)[C@H](Cc1ccc(OC)c(Cl)c1)NC(=O)c1ccnc2ccccc12. The number of methoxy groups -OCH3 is 2. The molecular weight excluding hydrogens is 380 g/mol. The number of rotatable bonds is 6. The number of benzene rings is 2. The van der Waals surface area contributed by atoms with Crippen molar-refractivity contribution in [2.75, 3.05) is 14.2 Å². The maximum Gasteiger partial charge on any atom is 0.328 e. The van der Waals surface area contributed by atoms with Crippen molar-refractivity contribution in [2.24, 2.45) is 0 Å². The van der Waals surface area contributed by atoms with Crippen LogP contribution in [0, 0.1) is 0 Å². The molecular formula is C21H19ClN2O4. The Morgan fingerprint density at radius 3 is 2.64 bits per heavy atom. The lowest BCUT2D eigenvalue weighted by molar-refractivity contribution is -0.142. The van der Waals surface area contributed by atoms with Gasteiger partial charge in [0.1, 0.15) is 11.8 Å². The molecule has 0 spiro atoms. The Balaban J connectivity index is 1.85. The average Bonchev–Trinajstić information content (AvgIpc) is 2.72. The van der Waals surface area contributed by atoms with E-state index in [4.69, 9.17) is 21.1 Å². The summed E-state index contributed by atoms with van der Waals surface area (Å²) < 4.78 is 10.00. The Hall–Kier alpha value is -3.12. The number of aromatic nitrogens is 1. The second kappa shape index (κ2) is 8.71. The van der Waals surface area contributed by atoms with Crippen LogP contribution in [0.4, 0.5) is 0 Å². The predicted octanol–water partition coefficient (Wildman–Crippen LogP) is 3.41. The zero-order chi connectivity index (χ0) is 20.1. The van der Waals surface area contributed by atoms with E-state index in [-0.39, 0.29) is 12.3 Å². The highest BCUT2D eigenvalue weighted by molar-refractivity contribution is 6.32. The quantitative estimate of drug-likeness (QED) is 0.644. The van der Waals surface area contributed by atoms with Gasteiger partial charge in [0.05, 0.1) is 30.3 Å². The van der Waals surface area contributed by atoms with E-state index >= 15 is 0 Å². The normalized spacial score (nSPS) is 11.7. The molecule has 0 unspecified atom stereocenters. The fourth-order valence-electron chi connectivity index (χ4n) is 2.94. The van der Waals surface area contributed by atoms with Crippen molar-refractivity contribution in [1.82, 2.24) is 10.3 Å². The molecule has 7 heteroatoms. The number of nitrogens with zero attached hydrogens (tertiary/aromatic N) is 1. The number of carbonyl (C=O) groups is 2. The lowest BCUT2D eigenvalue weighted by Crippen LogP contribution is -2.43. The van der Waals surface area contributed by atoms with Crippen LogP contribution in [-0.4, -0.2) is 37.1 Å². The monoisotopic (exact) mass is 398 g/mol. The molecule has 2 aromatic carbocycles. The van der Waals surface area contributed by atoms with Gasteiger partial charge in [-0.25, -0.2) is 4.79 Å². The first kappa shape index (κ1) is 19.6. The molecule has 1 aromatic heterocycles. The zero-order valence-electron chi connectivity index (χ0n) is 15.4. The van der Waals surface area contributed by atoms with E-state index < -0.39 is 12.0 Å². The molecule has 1 atom stereocenters. The molecule has 0 saturated carbocycles. The molecule has 1 heterocycles. The molecule has 0 radical (unpaired) electrons. The van der Waals surface area contributed by atoms with Crippen molar-refractivity contribution in [3.05, 3.63) is 70.9 Å².